The fraction of sp³-hybridized carbons (Fsp3) is 0.320. The monoisotopic (exact) mass is 449 g/mol. The fourth-order valence-electron chi connectivity index (χ4n) is 3.67. The lowest BCUT2D eigenvalue weighted by Crippen LogP contribution is -2.38. The molecule has 2 aromatic rings. The molecule has 3 amide bonds. The number of methoxy groups -OCH3 is 2. The van der Waals surface area contributed by atoms with Crippen molar-refractivity contribution in [1.82, 2.24) is 10.2 Å². The Hall–Kier alpha value is -3.99. The second kappa shape index (κ2) is 11.0. The topological polar surface area (TPSA) is 97.0 Å². The molecular formula is C25H27N3O5. The molecule has 0 aliphatic carbocycles. The Balaban J connectivity index is 1.46. The van der Waals surface area contributed by atoms with Crippen LogP contribution in [0, 0.1) is 18.3 Å². The Morgan fingerprint density at radius 3 is 2.67 bits per heavy atom. The van der Waals surface area contributed by atoms with Crippen molar-refractivity contribution >= 4 is 23.4 Å². The summed E-state index contributed by atoms with van der Waals surface area (Å²) >= 11 is 0. The van der Waals surface area contributed by atoms with Gasteiger partial charge in [0.2, 0.25) is 17.7 Å². The fourth-order valence-corrected chi connectivity index (χ4v) is 3.67. The van der Waals surface area contributed by atoms with Crippen LogP contribution in [-0.4, -0.2) is 56.5 Å². The van der Waals surface area contributed by atoms with Gasteiger partial charge in [0.25, 0.3) is 0 Å². The van der Waals surface area contributed by atoms with E-state index in [4.69, 9.17) is 15.9 Å². The highest BCUT2D eigenvalue weighted by atomic mass is 16.5. The lowest BCUT2D eigenvalue weighted by molar-refractivity contribution is -0.129. The maximum Gasteiger partial charge on any atom is 0.243 e. The van der Waals surface area contributed by atoms with Gasteiger partial charge in [0.05, 0.1) is 26.7 Å². The quantitative estimate of drug-likeness (QED) is 0.570. The first-order chi connectivity index (χ1) is 15.9. The van der Waals surface area contributed by atoms with Gasteiger partial charge >= 0.3 is 0 Å². The summed E-state index contributed by atoms with van der Waals surface area (Å²) < 4.78 is 10.6. The molecule has 0 bridgehead atoms. The zero-order valence-corrected chi connectivity index (χ0v) is 18.7. The normalized spacial score (nSPS) is 15.0. The van der Waals surface area contributed by atoms with Crippen molar-refractivity contribution in [2.24, 2.45) is 5.92 Å². The minimum absolute atomic E-state index is 0.0776. The van der Waals surface area contributed by atoms with Gasteiger partial charge in [0.1, 0.15) is 0 Å². The van der Waals surface area contributed by atoms with Crippen LogP contribution >= 0.6 is 0 Å². The molecule has 1 atom stereocenters. The number of benzene rings is 2. The van der Waals surface area contributed by atoms with Crippen molar-refractivity contribution < 1.29 is 23.9 Å². The molecular weight excluding hydrogens is 422 g/mol. The first-order valence-corrected chi connectivity index (χ1v) is 10.6. The Bertz CT molecular complexity index is 1080. The zero-order chi connectivity index (χ0) is 23.8. The lowest BCUT2D eigenvalue weighted by atomic mass is 10.1. The number of carbonyl (C=O) groups excluding carboxylic acids is 3. The Kier molecular flexibility index (Phi) is 7.92. The van der Waals surface area contributed by atoms with Crippen molar-refractivity contribution in [3.63, 3.8) is 0 Å². The highest BCUT2D eigenvalue weighted by molar-refractivity contribution is 5.96. The second-order valence-electron chi connectivity index (χ2n) is 7.67. The van der Waals surface area contributed by atoms with Crippen molar-refractivity contribution in [3.05, 3.63) is 53.6 Å². The number of likely N-dealkylation sites (tertiary alicyclic amines) is 1. The van der Waals surface area contributed by atoms with E-state index in [0.717, 1.165) is 5.56 Å². The van der Waals surface area contributed by atoms with Crippen LogP contribution in [0.4, 0.5) is 5.69 Å². The van der Waals surface area contributed by atoms with Crippen LogP contribution < -0.4 is 20.1 Å². The van der Waals surface area contributed by atoms with Crippen LogP contribution in [0.1, 0.15) is 17.5 Å². The van der Waals surface area contributed by atoms with Crippen LogP contribution in [0.2, 0.25) is 0 Å². The zero-order valence-electron chi connectivity index (χ0n) is 18.7. The average molecular weight is 450 g/mol. The minimum Gasteiger partial charge on any atom is -0.493 e. The van der Waals surface area contributed by atoms with E-state index in [1.807, 2.05) is 18.2 Å². The van der Waals surface area contributed by atoms with E-state index in [1.165, 1.54) is 0 Å². The first-order valence-electron chi connectivity index (χ1n) is 10.6. The minimum atomic E-state index is -0.486. The molecule has 33 heavy (non-hydrogen) atoms. The summed E-state index contributed by atoms with van der Waals surface area (Å²) in [6.07, 6.45) is 6.11. The van der Waals surface area contributed by atoms with Gasteiger partial charge in [-0.15, -0.1) is 6.42 Å². The molecule has 2 aromatic carbocycles. The predicted molar refractivity (Wildman–Crippen MR) is 124 cm³/mol. The third kappa shape index (κ3) is 6.26. The number of rotatable bonds is 9. The van der Waals surface area contributed by atoms with Gasteiger partial charge in [-0.2, -0.15) is 0 Å². The average Bonchev–Trinajstić information content (AvgIpc) is 3.21. The van der Waals surface area contributed by atoms with E-state index in [9.17, 15) is 14.4 Å². The Labute approximate surface area is 193 Å². The molecule has 3 rings (SSSR count). The van der Waals surface area contributed by atoms with Gasteiger partial charge in [-0.3, -0.25) is 14.4 Å². The molecule has 172 valence electrons. The number of carbonyl (C=O) groups is 3. The molecule has 0 radical (unpaired) electrons. The van der Waals surface area contributed by atoms with E-state index in [0.29, 0.717) is 42.3 Å². The number of amides is 3. The molecule has 1 unspecified atom stereocenters. The number of nitrogens with one attached hydrogen (secondary N) is 2. The molecule has 1 fully saturated rings. The van der Waals surface area contributed by atoms with Gasteiger partial charge in [-0.05, 0) is 42.3 Å². The summed E-state index contributed by atoms with van der Waals surface area (Å²) in [5.74, 6) is 2.52. The van der Waals surface area contributed by atoms with Crippen LogP contribution in [0.25, 0.3) is 0 Å². The molecule has 8 nitrogen and oxygen atoms in total. The van der Waals surface area contributed by atoms with Crippen LogP contribution in [-0.2, 0) is 20.8 Å². The maximum absolute atomic E-state index is 12.5. The van der Waals surface area contributed by atoms with Crippen molar-refractivity contribution in [2.75, 3.05) is 39.2 Å². The Morgan fingerprint density at radius 2 is 1.94 bits per heavy atom. The Morgan fingerprint density at radius 1 is 1.15 bits per heavy atom. The number of hydrogen-bond acceptors (Lipinski definition) is 5. The SMILES string of the molecule is C#Cc1cccc(NC(=O)CNC(=O)C2CC(=O)N(CCc3ccc(OC)c(OC)c3)C2)c1. The van der Waals surface area contributed by atoms with Crippen LogP contribution in [0.15, 0.2) is 42.5 Å². The lowest BCUT2D eigenvalue weighted by Gasteiger charge is -2.17. The van der Waals surface area contributed by atoms with Crippen molar-refractivity contribution in [2.45, 2.75) is 12.8 Å². The predicted octanol–water partition coefficient (Wildman–Crippen LogP) is 1.83. The van der Waals surface area contributed by atoms with E-state index >= 15 is 0 Å². The summed E-state index contributed by atoms with van der Waals surface area (Å²) in [4.78, 5) is 38.7. The van der Waals surface area contributed by atoms with Crippen LogP contribution in [0.5, 0.6) is 11.5 Å². The standard InChI is InChI=1S/C25H27N3O5/c1-4-17-6-5-7-20(12-17)27-23(29)15-26-25(31)19-14-24(30)28(16-19)11-10-18-8-9-21(32-2)22(13-18)33-3/h1,5-9,12-13,19H,10-11,14-16H2,2-3H3,(H,26,31)(H,27,29). The summed E-state index contributed by atoms with van der Waals surface area (Å²) in [7, 11) is 3.15. The number of anilines is 1. The smallest absolute Gasteiger partial charge is 0.243 e. The summed E-state index contributed by atoms with van der Waals surface area (Å²) in [5, 5.41) is 5.31. The molecule has 1 saturated heterocycles. The largest absolute Gasteiger partial charge is 0.493 e. The van der Waals surface area contributed by atoms with Crippen molar-refractivity contribution in [3.8, 4) is 23.8 Å². The molecule has 1 heterocycles. The maximum atomic E-state index is 12.5. The third-order valence-electron chi connectivity index (χ3n) is 5.44. The highest BCUT2D eigenvalue weighted by Crippen LogP contribution is 2.28. The van der Waals surface area contributed by atoms with E-state index in [1.54, 1.807) is 43.4 Å². The van der Waals surface area contributed by atoms with Gasteiger partial charge in [-0.1, -0.05) is 18.1 Å². The molecule has 0 spiro atoms. The first kappa shape index (κ1) is 23.7. The van der Waals surface area contributed by atoms with Gasteiger partial charge in [-0.25, -0.2) is 0 Å². The number of nitrogens with zero attached hydrogens (tertiary/aromatic N) is 1. The highest BCUT2D eigenvalue weighted by Gasteiger charge is 2.34. The van der Waals surface area contributed by atoms with E-state index in [-0.39, 0.29) is 30.7 Å². The van der Waals surface area contributed by atoms with Gasteiger partial charge in [0, 0.05) is 30.8 Å². The molecule has 0 aromatic heterocycles. The molecule has 1 aliphatic heterocycles. The van der Waals surface area contributed by atoms with E-state index in [2.05, 4.69) is 16.6 Å². The number of hydrogen-bond donors (Lipinski definition) is 2. The summed E-state index contributed by atoms with van der Waals surface area (Å²) in [6, 6.07) is 12.5. The van der Waals surface area contributed by atoms with Crippen molar-refractivity contribution in [1.29, 1.82) is 0 Å². The van der Waals surface area contributed by atoms with Gasteiger partial charge < -0.3 is 25.0 Å². The molecule has 0 saturated carbocycles. The van der Waals surface area contributed by atoms with Crippen LogP contribution in [0.3, 0.4) is 0 Å². The molecule has 2 N–H and O–H groups in total. The van der Waals surface area contributed by atoms with Gasteiger partial charge in [0.15, 0.2) is 11.5 Å². The summed E-state index contributed by atoms with van der Waals surface area (Å²) in [6.45, 7) is 0.628. The molecule has 8 heteroatoms. The number of ether oxygens (including phenoxy) is 2. The number of terminal acetylenes is 1. The second-order valence-corrected chi connectivity index (χ2v) is 7.67. The summed E-state index contributed by atoms with van der Waals surface area (Å²) in [5.41, 5.74) is 2.20. The van der Waals surface area contributed by atoms with E-state index < -0.39 is 5.92 Å². The third-order valence-corrected chi connectivity index (χ3v) is 5.44. The molecule has 1 aliphatic rings.